The Balaban J connectivity index is 2.54. The van der Waals surface area contributed by atoms with Gasteiger partial charge in [-0.05, 0) is 38.5 Å². The maximum absolute atomic E-state index is 12.1. The Morgan fingerprint density at radius 3 is 2.45 bits per heavy atom. The van der Waals surface area contributed by atoms with E-state index in [2.05, 4.69) is 5.32 Å². The normalized spacial score (nSPS) is 11.9. The number of anilines is 1. The molecule has 0 bridgehead atoms. The highest BCUT2D eigenvalue weighted by molar-refractivity contribution is 6.31. The van der Waals surface area contributed by atoms with E-state index in [1.54, 1.807) is 17.0 Å². The van der Waals surface area contributed by atoms with Crippen LogP contribution in [0.5, 0.6) is 0 Å². The maximum atomic E-state index is 12.1. The van der Waals surface area contributed by atoms with Crippen molar-refractivity contribution in [3.8, 4) is 0 Å². The van der Waals surface area contributed by atoms with Gasteiger partial charge >= 0.3 is 0 Å². The SMILES string of the molecule is CCN(CC)C(=O)C[NH+](C)CC(=O)Nc1cccc(Cl)c1C. The number of nitrogens with one attached hydrogen (secondary N) is 2. The van der Waals surface area contributed by atoms with Crippen LogP contribution in [0.3, 0.4) is 0 Å². The van der Waals surface area contributed by atoms with Gasteiger partial charge in [-0.25, -0.2) is 0 Å². The van der Waals surface area contributed by atoms with E-state index in [4.69, 9.17) is 11.6 Å². The van der Waals surface area contributed by atoms with E-state index >= 15 is 0 Å². The zero-order valence-electron chi connectivity index (χ0n) is 13.7. The lowest BCUT2D eigenvalue weighted by Crippen LogP contribution is -3.11. The molecule has 0 spiro atoms. The van der Waals surface area contributed by atoms with Crippen molar-refractivity contribution in [3.63, 3.8) is 0 Å². The molecule has 1 aromatic carbocycles. The highest BCUT2D eigenvalue weighted by atomic mass is 35.5. The summed E-state index contributed by atoms with van der Waals surface area (Å²) in [6, 6.07) is 5.40. The molecule has 0 fully saturated rings. The van der Waals surface area contributed by atoms with Crippen LogP contribution in [0, 0.1) is 6.92 Å². The number of carbonyl (C=O) groups excluding carboxylic acids is 2. The van der Waals surface area contributed by atoms with Gasteiger partial charge in [0.15, 0.2) is 13.1 Å². The van der Waals surface area contributed by atoms with Crippen LogP contribution in [0.25, 0.3) is 0 Å². The number of rotatable bonds is 7. The number of quaternary nitrogens is 1. The molecule has 122 valence electrons. The molecular weight excluding hydrogens is 302 g/mol. The number of benzene rings is 1. The van der Waals surface area contributed by atoms with Gasteiger partial charge in [-0.3, -0.25) is 9.59 Å². The summed E-state index contributed by atoms with van der Waals surface area (Å²) in [6.07, 6.45) is 0. The van der Waals surface area contributed by atoms with Crippen molar-refractivity contribution < 1.29 is 14.5 Å². The Labute approximate surface area is 137 Å². The summed E-state index contributed by atoms with van der Waals surface area (Å²) in [5.41, 5.74) is 1.55. The van der Waals surface area contributed by atoms with Crippen LogP contribution in [0.2, 0.25) is 5.02 Å². The summed E-state index contributed by atoms with van der Waals surface area (Å²) < 4.78 is 0. The molecule has 1 aromatic rings. The zero-order valence-corrected chi connectivity index (χ0v) is 14.5. The number of halogens is 1. The van der Waals surface area contributed by atoms with Gasteiger partial charge < -0.3 is 15.1 Å². The first kappa shape index (κ1) is 18.5. The van der Waals surface area contributed by atoms with E-state index in [0.717, 1.165) is 10.5 Å². The summed E-state index contributed by atoms with van der Waals surface area (Å²) >= 11 is 6.03. The Morgan fingerprint density at radius 1 is 1.23 bits per heavy atom. The van der Waals surface area contributed by atoms with Crippen LogP contribution in [0.4, 0.5) is 5.69 Å². The van der Waals surface area contributed by atoms with Crippen LogP contribution < -0.4 is 10.2 Å². The monoisotopic (exact) mass is 326 g/mol. The third-order valence-electron chi connectivity index (χ3n) is 3.57. The first-order chi connectivity index (χ1) is 10.4. The van der Waals surface area contributed by atoms with Crippen molar-refractivity contribution in [2.24, 2.45) is 0 Å². The second-order valence-electron chi connectivity index (χ2n) is 5.34. The predicted octanol–water partition coefficient (Wildman–Crippen LogP) is 0.970. The smallest absolute Gasteiger partial charge is 0.279 e. The Kier molecular flexibility index (Phi) is 7.35. The lowest BCUT2D eigenvalue weighted by atomic mass is 10.2. The minimum absolute atomic E-state index is 0.0641. The largest absolute Gasteiger partial charge is 0.338 e. The van der Waals surface area contributed by atoms with Crippen LogP contribution in [-0.4, -0.2) is 49.9 Å². The molecule has 1 rings (SSSR count). The molecule has 0 heterocycles. The van der Waals surface area contributed by atoms with Crippen molar-refractivity contribution in [1.29, 1.82) is 0 Å². The third kappa shape index (κ3) is 5.31. The van der Waals surface area contributed by atoms with E-state index in [0.29, 0.717) is 30.3 Å². The zero-order chi connectivity index (χ0) is 16.7. The number of amides is 2. The van der Waals surface area contributed by atoms with E-state index < -0.39 is 0 Å². The van der Waals surface area contributed by atoms with Crippen molar-refractivity contribution in [2.75, 3.05) is 38.5 Å². The molecule has 5 nitrogen and oxygen atoms in total. The molecule has 2 amide bonds. The molecule has 0 radical (unpaired) electrons. The average molecular weight is 327 g/mol. The standard InChI is InChI=1S/C16H24ClN3O2/c1-5-20(6-2)16(22)11-19(4)10-15(21)18-14-9-7-8-13(17)12(14)3/h7-9H,5-6,10-11H2,1-4H3,(H,18,21)/p+1. The maximum Gasteiger partial charge on any atom is 0.279 e. The Morgan fingerprint density at radius 2 is 1.86 bits per heavy atom. The molecule has 1 atom stereocenters. The van der Waals surface area contributed by atoms with E-state index in [1.807, 2.05) is 33.9 Å². The second-order valence-corrected chi connectivity index (χ2v) is 5.74. The second kappa shape index (κ2) is 8.76. The molecule has 0 saturated carbocycles. The highest BCUT2D eigenvalue weighted by Crippen LogP contribution is 2.22. The summed E-state index contributed by atoms with van der Waals surface area (Å²) in [4.78, 5) is 26.7. The minimum atomic E-state index is -0.129. The third-order valence-corrected chi connectivity index (χ3v) is 3.98. The molecule has 2 N–H and O–H groups in total. The lowest BCUT2D eigenvalue weighted by Gasteiger charge is -2.21. The average Bonchev–Trinajstić information content (AvgIpc) is 2.44. The van der Waals surface area contributed by atoms with Gasteiger partial charge in [-0.15, -0.1) is 0 Å². The van der Waals surface area contributed by atoms with E-state index in [9.17, 15) is 9.59 Å². The molecule has 0 aliphatic heterocycles. The van der Waals surface area contributed by atoms with Crippen molar-refractivity contribution in [3.05, 3.63) is 28.8 Å². The fraction of sp³-hybridized carbons (Fsp3) is 0.500. The van der Waals surface area contributed by atoms with Crippen molar-refractivity contribution >= 4 is 29.1 Å². The number of hydrogen-bond acceptors (Lipinski definition) is 2. The highest BCUT2D eigenvalue weighted by Gasteiger charge is 2.18. The summed E-state index contributed by atoms with van der Waals surface area (Å²) in [5, 5.41) is 3.46. The topological polar surface area (TPSA) is 53.9 Å². The van der Waals surface area contributed by atoms with E-state index in [-0.39, 0.29) is 18.4 Å². The first-order valence-corrected chi connectivity index (χ1v) is 7.90. The molecule has 1 unspecified atom stereocenters. The minimum Gasteiger partial charge on any atom is -0.338 e. The molecule has 0 aliphatic carbocycles. The summed E-state index contributed by atoms with van der Waals surface area (Å²) in [5.74, 6) is -0.0653. The van der Waals surface area contributed by atoms with Gasteiger partial charge in [0, 0.05) is 23.8 Å². The first-order valence-electron chi connectivity index (χ1n) is 7.53. The lowest BCUT2D eigenvalue weighted by molar-refractivity contribution is -0.862. The predicted molar refractivity (Wildman–Crippen MR) is 89.4 cm³/mol. The molecular formula is C16H25ClN3O2+. The number of likely N-dealkylation sites (N-methyl/N-ethyl adjacent to an activating group) is 2. The fourth-order valence-corrected chi connectivity index (χ4v) is 2.39. The summed E-state index contributed by atoms with van der Waals surface area (Å²) in [7, 11) is 1.84. The molecule has 0 aliphatic rings. The van der Waals surface area contributed by atoms with Gasteiger partial charge in [-0.1, -0.05) is 17.7 Å². The molecule has 0 saturated heterocycles. The Hall–Kier alpha value is -1.59. The fourth-order valence-electron chi connectivity index (χ4n) is 2.22. The number of hydrogen-bond donors (Lipinski definition) is 2. The van der Waals surface area contributed by atoms with Gasteiger partial charge in [-0.2, -0.15) is 0 Å². The summed E-state index contributed by atoms with van der Waals surface area (Å²) in [6.45, 7) is 7.69. The van der Waals surface area contributed by atoms with Gasteiger partial charge in [0.1, 0.15) is 0 Å². The van der Waals surface area contributed by atoms with Crippen molar-refractivity contribution in [1.82, 2.24) is 4.90 Å². The van der Waals surface area contributed by atoms with Gasteiger partial charge in [0.2, 0.25) is 0 Å². The molecule has 0 aromatic heterocycles. The molecule has 22 heavy (non-hydrogen) atoms. The van der Waals surface area contributed by atoms with Gasteiger partial charge in [0.25, 0.3) is 11.8 Å². The van der Waals surface area contributed by atoms with Crippen LogP contribution in [-0.2, 0) is 9.59 Å². The number of nitrogens with zero attached hydrogens (tertiary/aromatic N) is 1. The Bertz CT molecular complexity index is 530. The number of carbonyl (C=O) groups is 2. The quantitative estimate of drug-likeness (QED) is 0.784. The van der Waals surface area contributed by atoms with Crippen LogP contribution in [0.1, 0.15) is 19.4 Å². The van der Waals surface area contributed by atoms with Crippen molar-refractivity contribution in [2.45, 2.75) is 20.8 Å². The van der Waals surface area contributed by atoms with Gasteiger partial charge in [0.05, 0.1) is 7.05 Å². The van der Waals surface area contributed by atoms with Crippen LogP contribution in [0.15, 0.2) is 18.2 Å². The molecule has 6 heteroatoms. The van der Waals surface area contributed by atoms with E-state index in [1.165, 1.54) is 0 Å². The van der Waals surface area contributed by atoms with Crippen LogP contribution >= 0.6 is 11.6 Å².